The second-order valence-corrected chi connectivity index (χ2v) is 6.42. The van der Waals surface area contributed by atoms with Crippen molar-refractivity contribution in [1.82, 2.24) is 10.3 Å². The van der Waals surface area contributed by atoms with Crippen molar-refractivity contribution in [3.05, 3.63) is 65.8 Å². The smallest absolute Gasteiger partial charge is 0.260 e. The van der Waals surface area contributed by atoms with Crippen molar-refractivity contribution in [2.24, 2.45) is 0 Å². The molecule has 1 amide bonds. The third-order valence-electron chi connectivity index (χ3n) is 3.98. The quantitative estimate of drug-likeness (QED) is 0.590. The van der Waals surface area contributed by atoms with Crippen molar-refractivity contribution < 1.29 is 14.3 Å². The molecule has 5 nitrogen and oxygen atoms in total. The first-order chi connectivity index (χ1) is 13.1. The maximum atomic E-state index is 12.1. The van der Waals surface area contributed by atoms with Crippen LogP contribution in [0.3, 0.4) is 0 Å². The Hall–Kier alpha value is -2.79. The van der Waals surface area contributed by atoms with Gasteiger partial charge in [-0.2, -0.15) is 0 Å². The number of pyridine rings is 1. The highest BCUT2D eigenvalue weighted by Gasteiger charge is 2.15. The molecule has 0 saturated heterocycles. The Balaban J connectivity index is 1.42. The Morgan fingerprint density at radius 1 is 1.11 bits per heavy atom. The average molecular weight is 385 g/mol. The van der Waals surface area contributed by atoms with Gasteiger partial charge < -0.3 is 14.8 Å². The molecule has 0 saturated carbocycles. The molecule has 1 atom stereocenters. The van der Waals surface area contributed by atoms with E-state index in [1.165, 1.54) is 0 Å². The van der Waals surface area contributed by atoms with Gasteiger partial charge in [-0.15, -0.1) is 0 Å². The number of fused-ring (bicyclic) bond motifs is 1. The predicted molar refractivity (Wildman–Crippen MR) is 106 cm³/mol. The van der Waals surface area contributed by atoms with Gasteiger partial charge in [0.2, 0.25) is 0 Å². The molecule has 0 bridgehead atoms. The molecule has 0 fully saturated rings. The number of aromatic nitrogens is 1. The van der Waals surface area contributed by atoms with Crippen LogP contribution in [0.5, 0.6) is 11.5 Å². The van der Waals surface area contributed by atoms with Gasteiger partial charge in [0.05, 0.1) is 11.6 Å². The molecule has 3 rings (SSSR count). The van der Waals surface area contributed by atoms with Crippen molar-refractivity contribution >= 4 is 28.4 Å². The minimum Gasteiger partial charge on any atom is -0.491 e. The third-order valence-corrected chi connectivity index (χ3v) is 4.30. The van der Waals surface area contributed by atoms with Crippen LogP contribution < -0.4 is 14.8 Å². The summed E-state index contributed by atoms with van der Waals surface area (Å²) in [5.41, 5.74) is 0.839. The van der Waals surface area contributed by atoms with Crippen molar-refractivity contribution in [3.8, 4) is 11.5 Å². The second-order valence-electron chi connectivity index (χ2n) is 6.01. The zero-order valence-electron chi connectivity index (χ0n) is 15.0. The van der Waals surface area contributed by atoms with Gasteiger partial charge in [0, 0.05) is 18.1 Å². The van der Waals surface area contributed by atoms with Crippen LogP contribution >= 0.6 is 11.6 Å². The molecule has 0 aliphatic heterocycles. The first kappa shape index (κ1) is 19.0. The van der Waals surface area contributed by atoms with Crippen LogP contribution in [0, 0.1) is 0 Å². The monoisotopic (exact) mass is 384 g/mol. The highest BCUT2D eigenvalue weighted by Crippen LogP contribution is 2.24. The molecular formula is C21H21ClN2O3. The molecule has 0 aliphatic rings. The van der Waals surface area contributed by atoms with Gasteiger partial charge in [-0.25, -0.2) is 0 Å². The number of nitrogens with zero attached hydrogens (tertiary/aromatic N) is 1. The molecule has 140 valence electrons. The van der Waals surface area contributed by atoms with E-state index >= 15 is 0 Å². The van der Waals surface area contributed by atoms with Gasteiger partial charge in [0.25, 0.3) is 5.91 Å². The molecule has 0 aliphatic carbocycles. The number of carbonyl (C=O) groups excluding carboxylic acids is 1. The van der Waals surface area contributed by atoms with E-state index in [2.05, 4.69) is 10.3 Å². The SMILES string of the molecule is CC(Oc1ccccc1Cl)C(=O)NCCCOc1cccc2cccnc12. The Morgan fingerprint density at radius 3 is 2.74 bits per heavy atom. The molecule has 2 aromatic carbocycles. The summed E-state index contributed by atoms with van der Waals surface area (Å²) in [6.45, 7) is 2.67. The zero-order chi connectivity index (χ0) is 19.1. The van der Waals surface area contributed by atoms with Gasteiger partial charge >= 0.3 is 0 Å². The van der Waals surface area contributed by atoms with E-state index in [0.29, 0.717) is 30.3 Å². The zero-order valence-corrected chi connectivity index (χ0v) is 15.8. The molecule has 3 aromatic rings. The molecule has 27 heavy (non-hydrogen) atoms. The van der Waals surface area contributed by atoms with E-state index in [9.17, 15) is 4.79 Å². The molecule has 1 unspecified atom stereocenters. The summed E-state index contributed by atoms with van der Waals surface area (Å²) < 4.78 is 11.4. The van der Waals surface area contributed by atoms with Crippen molar-refractivity contribution in [2.75, 3.05) is 13.2 Å². The number of benzene rings is 2. The van der Waals surface area contributed by atoms with Crippen LogP contribution in [0.1, 0.15) is 13.3 Å². The van der Waals surface area contributed by atoms with Crippen LogP contribution in [0.15, 0.2) is 60.8 Å². The maximum absolute atomic E-state index is 12.1. The lowest BCUT2D eigenvalue weighted by atomic mass is 10.2. The Morgan fingerprint density at radius 2 is 1.89 bits per heavy atom. The van der Waals surface area contributed by atoms with Crippen LogP contribution in [0.2, 0.25) is 5.02 Å². The number of carbonyl (C=O) groups is 1. The lowest BCUT2D eigenvalue weighted by Crippen LogP contribution is -2.37. The largest absolute Gasteiger partial charge is 0.491 e. The normalized spacial score (nSPS) is 11.8. The van der Waals surface area contributed by atoms with Crippen LogP contribution in [0.25, 0.3) is 10.9 Å². The first-order valence-electron chi connectivity index (χ1n) is 8.80. The van der Waals surface area contributed by atoms with Gasteiger partial charge in [0.15, 0.2) is 6.10 Å². The Kier molecular flexibility index (Phi) is 6.49. The lowest BCUT2D eigenvalue weighted by molar-refractivity contribution is -0.127. The minimum absolute atomic E-state index is 0.193. The van der Waals surface area contributed by atoms with Gasteiger partial charge in [-0.3, -0.25) is 9.78 Å². The van der Waals surface area contributed by atoms with Gasteiger partial charge in [-0.1, -0.05) is 41.9 Å². The summed E-state index contributed by atoms with van der Waals surface area (Å²) in [5, 5.41) is 4.36. The summed E-state index contributed by atoms with van der Waals surface area (Å²) in [6.07, 6.45) is 1.79. The fourth-order valence-electron chi connectivity index (χ4n) is 2.59. The highest BCUT2D eigenvalue weighted by atomic mass is 35.5. The van der Waals surface area contributed by atoms with Gasteiger partial charge in [0.1, 0.15) is 17.0 Å². The predicted octanol–water partition coefficient (Wildman–Crippen LogP) is 4.24. The summed E-state index contributed by atoms with van der Waals surface area (Å²) >= 11 is 6.04. The molecule has 1 heterocycles. The fraction of sp³-hybridized carbons (Fsp3) is 0.238. The van der Waals surface area contributed by atoms with Crippen molar-refractivity contribution in [2.45, 2.75) is 19.4 Å². The van der Waals surface area contributed by atoms with Crippen molar-refractivity contribution in [1.29, 1.82) is 0 Å². The van der Waals surface area contributed by atoms with E-state index in [1.54, 1.807) is 25.3 Å². The molecule has 0 radical (unpaired) electrons. The number of halogens is 1. The summed E-state index contributed by atoms with van der Waals surface area (Å²) in [4.78, 5) is 16.5. The number of ether oxygens (including phenoxy) is 2. The first-order valence-corrected chi connectivity index (χ1v) is 9.18. The third kappa shape index (κ3) is 5.11. The van der Waals surface area contributed by atoms with E-state index < -0.39 is 6.10 Å². The van der Waals surface area contributed by atoms with Crippen LogP contribution in [0.4, 0.5) is 0 Å². The Bertz CT molecular complexity index is 911. The summed E-state index contributed by atoms with van der Waals surface area (Å²) in [6, 6.07) is 16.8. The summed E-state index contributed by atoms with van der Waals surface area (Å²) in [7, 11) is 0. The van der Waals surface area contributed by atoms with E-state index in [0.717, 1.165) is 16.7 Å². The number of amides is 1. The van der Waals surface area contributed by atoms with Crippen LogP contribution in [-0.4, -0.2) is 30.1 Å². The number of hydrogen-bond donors (Lipinski definition) is 1. The fourth-order valence-corrected chi connectivity index (χ4v) is 2.77. The molecule has 6 heteroatoms. The number of hydrogen-bond acceptors (Lipinski definition) is 4. The molecule has 1 aromatic heterocycles. The highest BCUT2D eigenvalue weighted by molar-refractivity contribution is 6.32. The minimum atomic E-state index is -0.631. The van der Waals surface area contributed by atoms with E-state index in [4.69, 9.17) is 21.1 Å². The molecular weight excluding hydrogens is 364 g/mol. The van der Waals surface area contributed by atoms with E-state index in [1.807, 2.05) is 42.5 Å². The molecule has 0 spiro atoms. The van der Waals surface area contributed by atoms with Gasteiger partial charge in [-0.05, 0) is 37.6 Å². The summed E-state index contributed by atoms with van der Waals surface area (Å²) in [5.74, 6) is 1.05. The standard InChI is InChI=1S/C21H21ClN2O3/c1-15(27-18-10-3-2-9-17(18)22)21(25)24-13-6-14-26-19-11-4-7-16-8-5-12-23-20(16)19/h2-5,7-12,15H,6,13-14H2,1H3,(H,24,25). The maximum Gasteiger partial charge on any atom is 0.260 e. The van der Waals surface area contributed by atoms with E-state index in [-0.39, 0.29) is 5.91 Å². The van der Waals surface area contributed by atoms with Crippen molar-refractivity contribution in [3.63, 3.8) is 0 Å². The average Bonchev–Trinajstić information content (AvgIpc) is 2.69. The number of nitrogens with one attached hydrogen (secondary N) is 1. The number of rotatable bonds is 8. The Labute approximate surface area is 163 Å². The van der Waals surface area contributed by atoms with Crippen LogP contribution in [-0.2, 0) is 4.79 Å². The topological polar surface area (TPSA) is 60.5 Å². The number of para-hydroxylation sites is 2. The molecule has 1 N–H and O–H groups in total. The second kappa shape index (κ2) is 9.24. The lowest BCUT2D eigenvalue weighted by Gasteiger charge is -2.15.